The second-order valence-corrected chi connectivity index (χ2v) is 7.28. The molecule has 24 heavy (non-hydrogen) atoms. The molecule has 0 atom stereocenters. The van der Waals surface area contributed by atoms with Crippen LogP contribution < -0.4 is 10.1 Å². The minimum Gasteiger partial charge on any atom is -0.482 e. The van der Waals surface area contributed by atoms with Crippen molar-refractivity contribution in [2.24, 2.45) is 0 Å². The van der Waals surface area contributed by atoms with Crippen molar-refractivity contribution in [1.29, 1.82) is 0 Å². The molecule has 1 N–H and O–H groups in total. The number of halogens is 3. The Kier molecular flexibility index (Phi) is 7.55. The van der Waals surface area contributed by atoms with E-state index in [1.807, 2.05) is 0 Å². The first-order valence-electron chi connectivity index (χ1n) is 7.39. The van der Waals surface area contributed by atoms with Gasteiger partial charge in [0.2, 0.25) is 5.13 Å². The number of anilines is 1. The molecule has 0 aliphatic heterocycles. The number of rotatable bonds is 8. The molecule has 130 valence electrons. The van der Waals surface area contributed by atoms with Gasteiger partial charge >= 0.3 is 0 Å². The first-order valence-corrected chi connectivity index (χ1v) is 9.34. The fraction of sp³-hybridized carbons (Fsp3) is 0.400. The molecule has 1 aromatic heterocycles. The molecule has 9 heteroatoms. The molecular formula is C15H16Cl3N3O2S. The van der Waals surface area contributed by atoms with Gasteiger partial charge < -0.3 is 4.74 Å². The maximum absolute atomic E-state index is 11.9. The molecule has 0 aliphatic carbocycles. The van der Waals surface area contributed by atoms with Crippen LogP contribution >= 0.6 is 46.1 Å². The normalized spacial score (nSPS) is 10.7. The zero-order valence-electron chi connectivity index (χ0n) is 12.9. The molecule has 1 amide bonds. The van der Waals surface area contributed by atoms with Gasteiger partial charge in [0.15, 0.2) is 6.61 Å². The number of ether oxygens (including phenoxy) is 1. The minimum absolute atomic E-state index is 0.220. The summed E-state index contributed by atoms with van der Waals surface area (Å²) in [4.78, 5) is 11.9. The van der Waals surface area contributed by atoms with Gasteiger partial charge in [-0.15, -0.1) is 10.2 Å². The molecule has 0 unspecified atom stereocenters. The molecule has 1 heterocycles. The minimum atomic E-state index is -0.353. The van der Waals surface area contributed by atoms with E-state index < -0.39 is 0 Å². The largest absolute Gasteiger partial charge is 0.482 e. The number of aryl methyl sites for hydroxylation is 1. The molecule has 0 bridgehead atoms. The second kappa shape index (κ2) is 9.42. The molecule has 0 radical (unpaired) electrons. The number of hydrogen-bond acceptors (Lipinski definition) is 5. The lowest BCUT2D eigenvalue weighted by molar-refractivity contribution is -0.118. The Balaban J connectivity index is 1.84. The zero-order chi connectivity index (χ0) is 17.5. The number of hydrogen-bond donors (Lipinski definition) is 1. The van der Waals surface area contributed by atoms with Gasteiger partial charge in [-0.2, -0.15) is 0 Å². The van der Waals surface area contributed by atoms with Crippen molar-refractivity contribution in [1.82, 2.24) is 10.2 Å². The Morgan fingerprint density at radius 1 is 1.17 bits per heavy atom. The van der Waals surface area contributed by atoms with E-state index in [1.54, 1.807) is 0 Å². The van der Waals surface area contributed by atoms with E-state index in [4.69, 9.17) is 39.5 Å². The van der Waals surface area contributed by atoms with Crippen LogP contribution in [-0.2, 0) is 11.2 Å². The molecule has 1 aromatic carbocycles. The standard InChI is InChI=1S/C15H16Cl3N3O2S/c1-2-3-4-5-14-20-21-15(24-14)19-13(22)8-23-12-7-10(17)9(16)6-11(12)18/h6-7H,2-5,8H2,1H3,(H,19,21,22). The van der Waals surface area contributed by atoms with Crippen LogP contribution in [0.25, 0.3) is 0 Å². The van der Waals surface area contributed by atoms with Crippen LogP contribution in [0.1, 0.15) is 31.2 Å². The number of carbonyl (C=O) groups excluding carboxylic acids is 1. The molecule has 0 fully saturated rings. The van der Waals surface area contributed by atoms with Gasteiger partial charge in [-0.1, -0.05) is 65.9 Å². The van der Waals surface area contributed by atoms with Crippen molar-refractivity contribution in [3.63, 3.8) is 0 Å². The van der Waals surface area contributed by atoms with Crippen LogP contribution in [0.5, 0.6) is 5.75 Å². The summed E-state index contributed by atoms with van der Waals surface area (Å²) in [5.74, 6) is -0.0628. The molecule has 0 saturated carbocycles. The van der Waals surface area contributed by atoms with E-state index >= 15 is 0 Å². The third-order valence-electron chi connectivity index (χ3n) is 3.04. The Bertz CT molecular complexity index is 709. The van der Waals surface area contributed by atoms with E-state index in [0.717, 1.165) is 30.7 Å². The first kappa shape index (κ1) is 19.2. The maximum Gasteiger partial charge on any atom is 0.264 e. The molecule has 2 aromatic rings. The number of nitrogens with one attached hydrogen (secondary N) is 1. The van der Waals surface area contributed by atoms with Crippen LogP contribution in [0.2, 0.25) is 15.1 Å². The van der Waals surface area contributed by atoms with Crippen LogP contribution in [0.15, 0.2) is 12.1 Å². The van der Waals surface area contributed by atoms with E-state index in [9.17, 15) is 4.79 Å². The van der Waals surface area contributed by atoms with Gasteiger partial charge in [0.1, 0.15) is 10.8 Å². The Labute approximate surface area is 159 Å². The lowest BCUT2D eigenvalue weighted by Crippen LogP contribution is -2.20. The van der Waals surface area contributed by atoms with Crippen molar-refractivity contribution >= 4 is 57.2 Å². The van der Waals surface area contributed by atoms with Crippen LogP contribution in [0, 0.1) is 0 Å². The lowest BCUT2D eigenvalue weighted by Gasteiger charge is -2.08. The number of carbonyl (C=O) groups is 1. The van der Waals surface area contributed by atoms with Gasteiger partial charge in [-0.3, -0.25) is 10.1 Å². The van der Waals surface area contributed by atoms with Gasteiger partial charge in [-0.25, -0.2) is 0 Å². The predicted octanol–water partition coefficient (Wildman–Crippen LogP) is 5.25. The van der Waals surface area contributed by atoms with Gasteiger partial charge in [-0.05, 0) is 12.5 Å². The Morgan fingerprint density at radius 3 is 2.67 bits per heavy atom. The molecule has 0 aliphatic rings. The molecule has 0 saturated heterocycles. The third-order valence-corrected chi connectivity index (χ3v) is 4.96. The van der Waals surface area contributed by atoms with E-state index in [2.05, 4.69) is 22.4 Å². The Hall–Kier alpha value is -1.08. The predicted molar refractivity (Wildman–Crippen MR) is 98.7 cm³/mol. The number of aromatic nitrogens is 2. The summed E-state index contributed by atoms with van der Waals surface area (Å²) in [5.41, 5.74) is 0. The highest BCUT2D eigenvalue weighted by atomic mass is 35.5. The zero-order valence-corrected chi connectivity index (χ0v) is 16.0. The molecule has 2 rings (SSSR count). The summed E-state index contributed by atoms with van der Waals surface area (Å²) in [6.45, 7) is 1.92. The number of nitrogens with zero attached hydrogens (tertiary/aromatic N) is 2. The van der Waals surface area contributed by atoms with Crippen LogP contribution in [-0.4, -0.2) is 22.7 Å². The van der Waals surface area contributed by atoms with E-state index in [-0.39, 0.29) is 17.5 Å². The average molecular weight is 409 g/mol. The third kappa shape index (κ3) is 5.77. The highest BCUT2D eigenvalue weighted by Crippen LogP contribution is 2.33. The summed E-state index contributed by atoms with van der Waals surface area (Å²) >= 11 is 19.1. The van der Waals surface area contributed by atoms with Crippen molar-refractivity contribution < 1.29 is 9.53 Å². The molecule has 5 nitrogen and oxygen atoms in total. The number of unbranched alkanes of at least 4 members (excludes halogenated alkanes) is 2. The van der Waals surface area contributed by atoms with E-state index in [1.165, 1.54) is 23.5 Å². The Morgan fingerprint density at radius 2 is 1.92 bits per heavy atom. The van der Waals surface area contributed by atoms with Crippen molar-refractivity contribution in [2.45, 2.75) is 32.6 Å². The van der Waals surface area contributed by atoms with Gasteiger partial charge in [0.05, 0.1) is 15.1 Å². The lowest BCUT2D eigenvalue weighted by atomic mass is 10.2. The summed E-state index contributed by atoms with van der Waals surface area (Å²) in [6.07, 6.45) is 4.24. The monoisotopic (exact) mass is 407 g/mol. The number of amides is 1. The number of benzene rings is 1. The fourth-order valence-electron chi connectivity index (χ4n) is 1.84. The van der Waals surface area contributed by atoms with Crippen molar-refractivity contribution in [3.8, 4) is 5.75 Å². The van der Waals surface area contributed by atoms with Crippen molar-refractivity contribution in [3.05, 3.63) is 32.2 Å². The van der Waals surface area contributed by atoms with Crippen molar-refractivity contribution in [2.75, 3.05) is 11.9 Å². The smallest absolute Gasteiger partial charge is 0.264 e. The maximum atomic E-state index is 11.9. The average Bonchev–Trinajstić information content (AvgIpc) is 2.97. The second-order valence-electron chi connectivity index (χ2n) is 4.99. The molecule has 0 spiro atoms. The highest BCUT2D eigenvalue weighted by molar-refractivity contribution is 7.15. The topological polar surface area (TPSA) is 64.1 Å². The van der Waals surface area contributed by atoms with Crippen LogP contribution in [0.4, 0.5) is 5.13 Å². The summed E-state index contributed by atoms with van der Waals surface area (Å²) < 4.78 is 5.36. The van der Waals surface area contributed by atoms with Gasteiger partial charge in [0, 0.05) is 12.5 Å². The first-order chi connectivity index (χ1) is 11.5. The molecular weight excluding hydrogens is 393 g/mol. The van der Waals surface area contributed by atoms with Gasteiger partial charge in [0.25, 0.3) is 5.91 Å². The van der Waals surface area contributed by atoms with Crippen LogP contribution in [0.3, 0.4) is 0 Å². The summed E-state index contributed by atoms with van der Waals surface area (Å²) in [5, 5.41) is 12.9. The summed E-state index contributed by atoms with van der Waals surface area (Å²) in [6, 6.07) is 2.93. The summed E-state index contributed by atoms with van der Waals surface area (Å²) in [7, 11) is 0. The quantitative estimate of drug-likeness (QED) is 0.478. The fourth-order valence-corrected chi connectivity index (χ4v) is 3.23. The SMILES string of the molecule is CCCCCc1nnc(NC(=O)COc2cc(Cl)c(Cl)cc2Cl)s1. The highest BCUT2D eigenvalue weighted by Gasteiger charge is 2.11. The van der Waals surface area contributed by atoms with E-state index in [0.29, 0.717) is 20.9 Å².